The smallest absolute Gasteiger partial charge is 0.332 e. The van der Waals surface area contributed by atoms with Crippen LogP contribution in [0.25, 0.3) is 0 Å². The van der Waals surface area contributed by atoms with Gasteiger partial charge in [-0.25, -0.2) is 4.79 Å². The molecule has 4 rings (SSSR count). The lowest BCUT2D eigenvalue weighted by Crippen LogP contribution is -2.42. The van der Waals surface area contributed by atoms with Gasteiger partial charge in [0.25, 0.3) is 0 Å². The number of fused-ring (bicyclic) bond motifs is 1. The molecule has 61 heavy (non-hydrogen) atoms. The molecule has 354 valence electrons. The first-order chi connectivity index (χ1) is 29.9. The average molecular weight is 854 g/mol. The average Bonchev–Trinajstić information content (AvgIpc) is 3.68. The number of ether oxygens (including phenoxy) is 4. The number of morpholine rings is 1. The van der Waals surface area contributed by atoms with Crippen molar-refractivity contribution >= 4 is 5.97 Å². The Morgan fingerprint density at radius 3 is 2.05 bits per heavy atom. The van der Waals surface area contributed by atoms with E-state index < -0.39 is 0 Å². The molecule has 0 radical (unpaired) electrons. The summed E-state index contributed by atoms with van der Waals surface area (Å²) in [6.45, 7) is 19.3. The zero-order chi connectivity index (χ0) is 43.3. The summed E-state index contributed by atoms with van der Waals surface area (Å²) >= 11 is 0. The van der Waals surface area contributed by atoms with Gasteiger partial charge < -0.3 is 18.9 Å². The molecule has 3 aliphatic carbocycles. The molecule has 0 aromatic heterocycles. The molecular weight excluding hydrogens is 755 g/mol. The highest BCUT2D eigenvalue weighted by molar-refractivity contribution is 5.70. The predicted molar refractivity (Wildman–Crippen MR) is 257 cm³/mol. The van der Waals surface area contributed by atoms with Gasteiger partial charge in [0, 0.05) is 19.6 Å². The lowest BCUT2D eigenvalue weighted by atomic mass is 9.59. The van der Waals surface area contributed by atoms with E-state index in [2.05, 4.69) is 51.3 Å². The molecule has 8 atom stereocenters. The number of nitrogens with zero attached hydrogens (tertiary/aromatic N) is 1. The number of rotatable bonds is 34. The van der Waals surface area contributed by atoms with Gasteiger partial charge in [0.1, 0.15) is 13.2 Å². The Balaban J connectivity index is 1.03. The molecule has 0 N–H and O–H groups in total. The minimum absolute atomic E-state index is 0.0273. The molecule has 4 aliphatic rings. The molecule has 6 heteroatoms. The number of carbonyl (C=O) groups excluding carboxylic acids is 1. The molecule has 0 aromatic rings. The van der Waals surface area contributed by atoms with Crippen LogP contribution in [0.1, 0.15) is 214 Å². The Labute approximate surface area is 377 Å². The maximum Gasteiger partial charge on any atom is 0.332 e. The van der Waals surface area contributed by atoms with Crippen LogP contribution in [0, 0.1) is 41.4 Å². The summed E-state index contributed by atoms with van der Waals surface area (Å²) in [4.78, 5) is 15.2. The van der Waals surface area contributed by atoms with Crippen LogP contribution in [0.4, 0.5) is 0 Å². The van der Waals surface area contributed by atoms with E-state index in [1.54, 1.807) is 0 Å². The molecule has 3 saturated carbocycles. The number of esters is 1. The SMILES string of the molecule is C=C1CC(OCC(=O)OCCOC(CCCCCCCCCC/C=C\CCCCCCCC)CN2CCOCC2)CC[C@@H]1C1CCC2C(CCCCC(C)C)CCC2C1CC. The van der Waals surface area contributed by atoms with E-state index in [1.165, 1.54) is 166 Å². The second kappa shape index (κ2) is 32.4. The summed E-state index contributed by atoms with van der Waals surface area (Å²) in [6, 6.07) is 0. The molecule has 0 bridgehead atoms. The Morgan fingerprint density at radius 2 is 1.38 bits per heavy atom. The highest BCUT2D eigenvalue weighted by Gasteiger charge is 2.47. The Kier molecular flexibility index (Phi) is 27.9. The minimum Gasteiger partial charge on any atom is -0.462 e. The van der Waals surface area contributed by atoms with Crippen LogP contribution in [0.5, 0.6) is 0 Å². The van der Waals surface area contributed by atoms with Gasteiger partial charge in [-0.05, 0) is 118 Å². The summed E-state index contributed by atoms with van der Waals surface area (Å²) in [7, 11) is 0. The van der Waals surface area contributed by atoms with Crippen LogP contribution in [-0.2, 0) is 23.7 Å². The summed E-state index contributed by atoms with van der Waals surface area (Å²) in [5, 5.41) is 0. The largest absolute Gasteiger partial charge is 0.462 e. The molecule has 0 aromatic carbocycles. The first kappa shape index (κ1) is 52.4. The normalized spacial score (nSPS) is 26.6. The van der Waals surface area contributed by atoms with Gasteiger partial charge >= 0.3 is 5.97 Å². The summed E-state index contributed by atoms with van der Waals surface area (Å²) in [6.07, 6.45) is 43.4. The lowest BCUT2D eigenvalue weighted by Gasteiger charge is -2.47. The lowest BCUT2D eigenvalue weighted by molar-refractivity contribution is -0.154. The third-order valence-corrected chi connectivity index (χ3v) is 15.6. The molecule has 1 heterocycles. The van der Waals surface area contributed by atoms with Crippen molar-refractivity contribution in [2.24, 2.45) is 41.4 Å². The molecular formula is C55H99NO5. The molecule has 0 amide bonds. The van der Waals surface area contributed by atoms with Crippen molar-refractivity contribution in [1.29, 1.82) is 0 Å². The zero-order valence-electron chi connectivity index (χ0n) is 40.7. The Bertz CT molecular complexity index is 1150. The quantitative estimate of drug-likeness (QED) is 0.0365. The van der Waals surface area contributed by atoms with E-state index in [4.69, 9.17) is 18.9 Å². The predicted octanol–water partition coefficient (Wildman–Crippen LogP) is 14.5. The zero-order valence-corrected chi connectivity index (χ0v) is 40.7. The molecule has 6 nitrogen and oxygen atoms in total. The van der Waals surface area contributed by atoms with E-state index >= 15 is 0 Å². The van der Waals surface area contributed by atoms with E-state index in [1.807, 2.05) is 0 Å². The van der Waals surface area contributed by atoms with Crippen molar-refractivity contribution in [3.05, 3.63) is 24.3 Å². The minimum atomic E-state index is -0.273. The van der Waals surface area contributed by atoms with Gasteiger partial charge in [-0.15, -0.1) is 0 Å². The summed E-state index contributed by atoms with van der Waals surface area (Å²) < 4.78 is 23.8. The highest BCUT2D eigenvalue weighted by atomic mass is 16.6. The van der Waals surface area contributed by atoms with E-state index in [0.29, 0.717) is 12.5 Å². The van der Waals surface area contributed by atoms with Crippen LogP contribution < -0.4 is 0 Å². The van der Waals surface area contributed by atoms with Crippen LogP contribution >= 0.6 is 0 Å². The number of hydrogen-bond donors (Lipinski definition) is 0. The fraction of sp³-hybridized carbons (Fsp3) is 0.909. The van der Waals surface area contributed by atoms with Gasteiger partial charge in [0.05, 0.1) is 32.0 Å². The van der Waals surface area contributed by atoms with Crippen molar-refractivity contribution in [3.8, 4) is 0 Å². The maximum absolute atomic E-state index is 12.8. The van der Waals surface area contributed by atoms with Crippen LogP contribution in [0.15, 0.2) is 24.3 Å². The fourth-order valence-corrected chi connectivity index (χ4v) is 12.1. The summed E-state index contributed by atoms with van der Waals surface area (Å²) in [5.41, 5.74) is 1.38. The van der Waals surface area contributed by atoms with Crippen molar-refractivity contribution in [2.45, 2.75) is 226 Å². The van der Waals surface area contributed by atoms with Gasteiger partial charge in [0.15, 0.2) is 0 Å². The highest BCUT2D eigenvalue weighted by Crippen LogP contribution is 2.56. The van der Waals surface area contributed by atoms with E-state index in [-0.39, 0.29) is 31.4 Å². The second-order valence-corrected chi connectivity index (χ2v) is 20.7. The molecule has 1 aliphatic heterocycles. The maximum atomic E-state index is 12.8. The molecule has 0 spiro atoms. The second-order valence-electron chi connectivity index (χ2n) is 20.7. The first-order valence-corrected chi connectivity index (χ1v) is 26.9. The number of allylic oxidation sites excluding steroid dienone is 2. The van der Waals surface area contributed by atoms with Gasteiger partial charge in [-0.1, -0.05) is 161 Å². The van der Waals surface area contributed by atoms with Gasteiger partial charge in [0.2, 0.25) is 0 Å². The first-order valence-electron chi connectivity index (χ1n) is 26.9. The topological polar surface area (TPSA) is 57.2 Å². The van der Waals surface area contributed by atoms with Crippen molar-refractivity contribution < 1.29 is 23.7 Å². The molecule has 1 saturated heterocycles. The van der Waals surface area contributed by atoms with Crippen molar-refractivity contribution in [2.75, 3.05) is 52.7 Å². The third kappa shape index (κ3) is 21.1. The Hall–Kier alpha value is -1.21. The summed E-state index contributed by atoms with van der Waals surface area (Å²) in [5.74, 6) is 5.70. The van der Waals surface area contributed by atoms with E-state index in [9.17, 15) is 4.79 Å². The molecule has 7 unspecified atom stereocenters. The van der Waals surface area contributed by atoms with Crippen LogP contribution in [0.3, 0.4) is 0 Å². The van der Waals surface area contributed by atoms with Crippen LogP contribution in [0.2, 0.25) is 0 Å². The fourth-order valence-electron chi connectivity index (χ4n) is 12.1. The van der Waals surface area contributed by atoms with Gasteiger partial charge in [-0.2, -0.15) is 0 Å². The number of hydrogen-bond acceptors (Lipinski definition) is 6. The number of unbranched alkanes of at least 4 members (excludes halogenated alkanes) is 15. The standard InChI is InChI=1S/C55H99NO5/c1-6-8-9-10-11-12-13-14-15-16-17-18-19-20-21-22-23-24-29-49(43-56-36-38-58-39-37-56)59-40-41-60-55(57)44-61-48-31-33-51(46(5)42-48)53-35-34-52-47(28-26-25-27-45(3)4)30-32-54(52)50(53)7-2/h14-15,45,47-54H,5-13,16-44H2,1-4H3/b15-14-/t47?,48?,49?,50?,51-,52?,53?,54?/m0/s1. The van der Waals surface area contributed by atoms with Crippen molar-refractivity contribution in [3.63, 3.8) is 0 Å². The van der Waals surface area contributed by atoms with Crippen molar-refractivity contribution in [1.82, 2.24) is 4.90 Å². The third-order valence-electron chi connectivity index (χ3n) is 15.6. The monoisotopic (exact) mass is 854 g/mol. The van der Waals surface area contributed by atoms with Gasteiger partial charge in [-0.3, -0.25) is 4.90 Å². The van der Waals surface area contributed by atoms with E-state index in [0.717, 1.165) is 94.0 Å². The molecule has 4 fully saturated rings. The van der Waals surface area contributed by atoms with Crippen LogP contribution in [-0.4, -0.2) is 75.7 Å². The Morgan fingerprint density at radius 1 is 0.738 bits per heavy atom. The number of carbonyl (C=O) groups is 1.